The highest BCUT2D eigenvalue weighted by atomic mass is 15.2. The molecule has 2 heteroatoms. The summed E-state index contributed by atoms with van der Waals surface area (Å²) in [5, 5.41) is 3.64. The molecule has 1 saturated heterocycles. The van der Waals surface area contributed by atoms with Crippen LogP contribution in [0.2, 0.25) is 0 Å². The van der Waals surface area contributed by atoms with E-state index in [1.807, 2.05) is 0 Å². The number of nitrogens with one attached hydrogen (secondary N) is 1. The smallest absolute Gasteiger partial charge is 0.0195 e. The van der Waals surface area contributed by atoms with E-state index in [2.05, 4.69) is 31.0 Å². The maximum atomic E-state index is 3.64. The number of nitrogens with zero attached hydrogens (tertiary/aromatic N) is 1. The van der Waals surface area contributed by atoms with Crippen LogP contribution in [0.1, 0.15) is 52.9 Å². The summed E-state index contributed by atoms with van der Waals surface area (Å²) in [5.74, 6) is 1.88. The summed E-state index contributed by atoms with van der Waals surface area (Å²) in [6.07, 6.45) is 6.97. The maximum absolute atomic E-state index is 3.64. The Morgan fingerprint density at radius 2 is 2.06 bits per heavy atom. The van der Waals surface area contributed by atoms with E-state index >= 15 is 0 Å². The van der Waals surface area contributed by atoms with Crippen LogP contribution in [-0.4, -0.2) is 36.6 Å². The van der Waals surface area contributed by atoms with Crippen molar-refractivity contribution in [2.24, 2.45) is 11.8 Å². The van der Waals surface area contributed by atoms with Crippen LogP contribution < -0.4 is 5.32 Å². The second kappa shape index (κ2) is 6.19. The van der Waals surface area contributed by atoms with Gasteiger partial charge in [0, 0.05) is 18.6 Å². The second-order valence-electron chi connectivity index (χ2n) is 6.42. The molecule has 1 unspecified atom stereocenters. The van der Waals surface area contributed by atoms with E-state index in [9.17, 15) is 0 Å². The number of rotatable bonds is 6. The molecule has 2 rings (SSSR count). The minimum absolute atomic E-state index is 0.777. The summed E-state index contributed by atoms with van der Waals surface area (Å²) in [7, 11) is 0. The third-order valence-electron chi connectivity index (χ3n) is 4.74. The molecule has 0 bridgehead atoms. The van der Waals surface area contributed by atoms with E-state index < -0.39 is 0 Å². The van der Waals surface area contributed by atoms with Gasteiger partial charge in [-0.1, -0.05) is 20.8 Å². The van der Waals surface area contributed by atoms with Crippen LogP contribution in [0.25, 0.3) is 0 Å². The molecule has 0 aromatic heterocycles. The molecule has 1 heterocycles. The van der Waals surface area contributed by atoms with Crippen LogP contribution in [0.5, 0.6) is 0 Å². The molecule has 0 amide bonds. The standard InChI is InChI=1S/C15H30N2/c1-4-8-17(11-14-6-5-7-16-14)15-9-13(10-15)12(2)3/h12-16H,4-11H2,1-3H3. The lowest BCUT2D eigenvalue weighted by Crippen LogP contribution is -2.50. The van der Waals surface area contributed by atoms with E-state index in [4.69, 9.17) is 0 Å². The van der Waals surface area contributed by atoms with Crippen molar-refractivity contribution in [3.8, 4) is 0 Å². The van der Waals surface area contributed by atoms with Gasteiger partial charge in [-0.3, -0.25) is 4.90 Å². The summed E-state index contributed by atoms with van der Waals surface area (Å²) < 4.78 is 0. The van der Waals surface area contributed by atoms with Crippen LogP contribution in [0.3, 0.4) is 0 Å². The van der Waals surface area contributed by atoms with Gasteiger partial charge in [0.1, 0.15) is 0 Å². The molecule has 1 N–H and O–H groups in total. The lowest BCUT2D eigenvalue weighted by Gasteiger charge is -2.45. The second-order valence-corrected chi connectivity index (χ2v) is 6.42. The third kappa shape index (κ3) is 3.45. The van der Waals surface area contributed by atoms with Crippen LogP contribution in [0.4, 0.5) is 0 Å². The molecule has 1 aliphatic heterocycles. The van der Waals surface area contributed by atoms with Crippen molar-refractivity contribution in [2.75, 3.05) is 19.6 Å². The van der Waals surface area contributed by atoms with E-state index in [-0.39, 0.29) is 0 Å². The Balaban J connectivity index is 1.77. The minimum Gasteiger partial charge on any atom is -0.313 e. The van der Waals surface area contributed by atoms with Crippen LogP contribution in [0.15, 0.2) is 0 Å². The van der Waals surface area contributed by atoms with Gasteiger partial charge in [-0.15, -0.1) is 0 Å². The summed E-state index contributed by atoms with van der Waals surface area (Å²) >= 11 is 0. The van der Waals surface area contributed by atoms with Crippen molar-refractivity contribution in [3.05, 3.63) is 0 Å². The molecular weight excluding hydrogens is 208 g/mol. The third-order valence-corrected chi connectivity index (χ3v) is 4.74. The predicted octanol–water partition coefficient (Wildman–Crippen LogP) is 2.89. The highest BCUT2D eigenvalue weighted by molar-refractivity contribution is 4.90. The van der Waals surface area contributed by atoms with Crippen molar-refractivity contribution in [1.82, 2.24) is 10.2 Å². The van der Waals surface area contributed by atoms with Gasteiger partial charge in [-0.25, -0.2) is 0 Å². The topological polar surface area (TPSA) is 15.3 Å². The van der Waals surface area contributed by atoms with Crippen molar-refractivity contribution in [1.29, 1.82) is 0 Å². The van der Waals surface area contributed by atoms with E-state index in [1.165, 1.54) is 51.7 Å². The quantitative estimate of drug-likeness (QED) is 0.765. The van der Waals surface area contributed by atoms with Crippen molar-refractivity contribution in [3.63, 3.8) is 0 Å². The monoisotopic (exact) mass is 238 g/mol. The fourth-order valence-electron chi connectivity index (χ4n) is 3.38. The Hall–Kier alpha value is -0.0800. The first-order valence-electron chi connectivity index (χ1n) is 7.68. The Bertz CT molecular complexity index is 215. The van der Waals surface area contributed by atoms with Crippen molar-refractivity contribution < 1.29 is 0 Å². The van der Waals surface area contributed by atoms with E-state index in [0.29, 0.717) is 0 Å². The van der Waals surface area contributed by atoms with Crippen LogP contribution >= 0.6 is 0 Å². The van der Waals surface area contributed by atoms with E-state index in [0.717, 1.165) is 23.9 Å². The first kappa shape index (κ1) is 13.4. The first-order valence-corrected chi connectivity index (χ1v) is 7.68. The summed E-state index contributed by atoms with van der Waals surface area (Å²) in [6.45, 7) is 10.9. The highest BCUT2D eigenvalue weighted by Gasteiger charge is 2.35. The molecule has 1 saturated carbocycles. The molecule has 1 atom stereocenters. The SMILES string of the molecule is CCCN(CC1CCCN1)C1CC(C(C)C)C1. The number of hydrogen-bond donors (Lipinski definition) is 1. The van der Waals surface area contributed by atoms with E-state index in [1.54, 1.807) is 0 Å². The molecule has 0 aromatic rings. The molecule has 0 aromatic carbocycles. The number of hydrogen-bond acceptors (Lipinski definition) is 2. The molecule has 1 aliphatic carbocycles. The zero-order chi connectivity index (χ0) is 12.3. The van der Waals surface area contributed by atoms with Gasteiger partial charge in [0.25, 0.3) is 0 Å². The van der Waals surface area contributed by atoms with Crippen LogP contribution in [-0.2, 0) is 0 Å². The lowest BCUT2D eigenvalue weighted by molar-refractivity contribution is 0.0498. The van der Waals surface area contributed by atoms with Gasteiger partial charge < -0.3 is 5.32 Å². The Morgan fingerprint density at radius 3 is 2.59 bits per heavy atom. The Morgan fingerprint density at radius 1 is 1.29 bits per heavy atom. The average Bonchev–Trinajstić information content (AvgIpc) is 2.67. The molecule has 100 valence electrons. The van der Waals surface area contributed by atoms with Gasteiger partial charge in [0.05, 0.1) is 0 Å². The minimum atomic E-state index is 0.777. The molecule has 17 heavy (non-hydrogen) atoms. The van der Waals surface area contributed by atoms with Crippen molar-refractivity contribution in [2.45, 2.75) is 65.0 Å². The summed E-state index contributed by atoms with van der Waals surface area (Å²) in [5.41, 5.74) is 0. The molecule has 0 spiro atoms. The molecular formula is C15H30N2. The van der Waals surface area contributed by atoms with Gasteiger partial charge in [-0.05, 0) is 57.0 Å². The maximum Gasteiger partial charge on any atom is 0.0195 e. The molecule has 0 radical (unpaired) electrons. The zero-order valence-corrected chi connectivity index (χ0v) is 11.9. The van der Waals surface area contributed by atoms with Crippen LogP contribution in [0, 0.1) is 11.8 Å². The van der Waals surface area contributed by atoms with Gasteiger partial charge in [0.2, 0.25) is 0 Å². The fraction of sp³-hybridized carbons (Fsp3) is 1.00. The Labute approximate surface area is 107 Å². The van der Waals surface area contributed by atoms with Gasteiger partial charge in [0.15, 0.2) is 0 Å². The lowest BCUT2D eigenvalue weighted by atomic mass is 9.73. The average molecular weight is 238 g/mol. The van der Waals surface area contributed by atoms with Crippen molar-refractivity contribution >= 4 is 0 Å². The predicted molar refractivity (Wildman–Crippen MR) is 74.2 cm³/mol. The highest BCUT2D eigenvalue weighted by Crippen LogP contribution is 2.37. The van der Waals surface area contributed by atoms with Gasteiger partial charge >= 0.3 is 0 Å². The van der Waals surface area contributed by atoms with Gasteiger partial charge in [-0.2, -0.15) is 0 Å². The summed E-state index contributed by atoms with van der Waals surface area (Å²) in [6, 6.07) is 1.67. The zero-order valence-electron chi connectivity index (χ0n) is 11.9. The summed E-state index contributed by atoms with van der Waals surface area (Å²) in [4.78, 5) is 2.77. The Kier molecular flexibility index (Phi) is 4.87. The molecule has 2 fully saturated rings. The molecule has 2 nitrogen and oxygen atoms in total. The largest absolute Gasteiger partial charge is 0.313 e. The molecule has 2 aliphatic rings. The first-order chi connectivity index (χ1) is 8.20. The normalized spacial score (nSPS) is 33.4. The fourth-order valence-corrected chi connectivity index (χ4v) is 3.38.